The van der Waals surface area contributed by atoms with E-state index in [1.54, 1.807) is 0 Å². The Balaban J connectivity index is 1.59. The summed E-state index contributed by atoms with van der Waals surface area (Å²) in [5, 5.41) is 0. The van der Waals surface area contributed by atoms with E-state index < -0.39 is 0 Å². The van der Waals surface area contributed by atoms with Gasteiger partial charge in [0.2, 0.25) is 0 Å². The normalized spacial score (nSPS) is 26.3. The Morgan fingerprint density at radius 3 is 2.69 bits per heavy atom. The van der Waals surface area contributed by atoms with Crippen molar-refractivity contribution >= 4 is 0 Å². The topological polar surface area (TPSA) is 28.6 Å². The molecule has 0 amide bonds. The van der Waals surface area contributed by atoms with Crippen LogP contribution < -0.4 is 4.74 Å². The highest BCUT2D eigenvalue weighted by Gasteiger charge is 2.41. The molecule has 0 unspecified atom stereocenters. The number of benzene rings is 1. The van der Waals surface area contributed by atoms with Crippen molar-refractivity contribution in [2.24, 2.45) is 0 Å². The van der Waals surface area contributed by atoms with Gasteiger partial charge in [-0.15, -0.1) is 0 Å². The molecular formula is C22H29N3O. The maximum Gasteiger partial charge on any atom is 0.124 e. The minimum absolute atomic E-state index is 0.0681. The fourth-order valence-corrected chi connectivity index (χ4v) is 4.47. The molecule has 0 radical (unpaired) electrons. The smallest absolute Gasteiger partial charge is 0.124 e. The van der Waals surface area contributed by atoms with E-state index in [1.165, 1.54) is 24.0 Å². The molecule has 4 nitrogen and oxygen atoms in total. The minimum Gasteiger partial charge on any atom is -0.486 e. The van der Waals surface area contributed by atoms with Crippen LogP contribution in [0.1, 0.15) is 36.8 Å². The third-order valence-corrected chi connectivity index (χ3v) is 5.93. The number of para-hydroxylation sites is 1. The predicted octanol–water partition coefficient (Wildman–Crippen LogP) is 3.72. The predicted molar refractivity (Wildman–Crippen MR) is 104 cm³/mol. The molecule has 138 valence electrons. The first kappa shape index (κ1) is 17.5. The first-order valence-corrected chi connectivity index (χ1v) is 9.68. The van der Waals surface area contributed by atoms with Crippen LogP contribution in [0.2, 0.25) is 0 Å². The summed E-state index contributed by atoms with van der Waals surface area (Å²) in [4.78, 5) is 9.19. The lowest BCUT2D eigenvalue weighted by atomic mass is 9.81. The summed E-state index contributed by atoms with van der Waals surface area (Å²) >= 11 is 0. The molecule has 0 N–H and O–H groups in total. The van der Waals surface area contributed by atoms with Crippen LogP contribution in [0.5, 0.6) is 5.75 Å². The largest absolute Gasteiger partial charge is 0.486 e. The Morgan fingerprint density at radius 1 is 1.15 bits per heavy atom. The second-order valence-electron chi connectivity index (χ2n) is 8.09. The molecule has 1 fully saturated rings. The van der Waals surface area contributed by atoms with Gasteiger partial charge in [0.05, 0.1) is 0 Å². The molecule has 1 aromatic heterocycles. The summed E-state index contributed by atoms with van der Waals surface area (Å²) in [5.41, 5.74) is 2.49. The zero-order valence-corrected chi connectivity index (χ0v) is 15.9. The Labute approximate surface area is 156 Å². The van der Waals surface area contributed by atoms with E-state index in [1.807, 2.05) is 18.5 Å². The Bertz CT molecular complexity index is 723. The molecule has 4 heteroatoms. The zero-order chi connectivity index (χ0) is 18.0. The quantitative estimate of drug-likeness (QED) is 0.843. The first-order valence-electron chi connectivity index (χ1n) is 9.68. The lowest BCUT2D eigenvalue weighted by molar-refractivity contribution is -0.0135. The van der Waals surface area contributed by atoms with Crippen LogP contribution in [-0.2, 0) is 13.1 Å². The molecule has 26 heavy (non-hydrogen) atoms. The van der Waals surface area contributed by atoms with Gasteiger partial charge in [-0.05, 0) is 57.5 Å². The SMILES string of the molecule is CN(C)C1CCC2(CC1)CN(Cc1cccnc1)Cc1ccccc1O2. The maximum atomic E-state index is 6.71. The number of hydrogen-bond donors (Lipinski definition) is 0. The molecule has 1 aromatic carbocycles. The molecule has 0 bridgehead atoms. The molecule has 2 aromatic rings. The van der Waals surface area contributed by atoms with Gasteiger partial charge in [-0.2, -0.15) is 0 Å². The van der Waals surface area contributed by atoms with E-state index >= 15 is 0 Å². The van der Waals surface area contributed by atoms with Gasteiger partial charge in [-0.1, -0.05) is 24.3 Å². The molecule has 1 saturated carbocycles. The van der Waals surface area contributed by atoms with E-state index in [4.69, 9.17) is 4.74 Å². The zero-order valence-electron chi connectivity index (χ0n) is 15.9. The average Bonchev–Trinajstić information content (AvgIpc) is 2.79. The van der Waals surface area contributed by atoms with Gasteiger partial charge >= 0.3 is 0 Å². The van der Waals surface area contributed by atoms with Gasteiger partial charge < -0.3 is 9.64 Å². The van der Waals surface area contributed by atoms with Crippen molar-refractivity contribution < 1.29 is 4.74 Å². The highest BCUT2D eigenvalue weighted by atomic mass is 16.5. The van der Waals surface area contributed by atoms with Gasteiger partial charge in [0.1, 0.15) is 11.4 Å². The monoisotopic (exact) mass is 351 g/mol. The van der Waals surface area contributed by atoms with Crippen LogP contribution in [0.25, 0.3) is 0 Å². The highest BCUT2D eigenvalue weighted by molar-refractivity contribution is 5.35. The summed E-state index contributed by atoms with van der Waals surface area (Å²) in [6.07, 6.45) is 8.47. The van der Waals surface area contributed by atoms with E-state index in [-0.39, 0.29) is 5.60 Å². The summed E-state index contributed by atoms with van der Waals surface area (Å²) in [7, 11) is 4.39. The third kappa shape index (κ3) is 3.76. The standard InChI is InChI=1S/C22H29N3O/c1-24(2)20-9-11-22(12-10-20)17-25(15-18-6-5-13-23-14-18)16-19-7-3-4-8-21(19)26-22/h3-8,13-14,20H,9-12,15-17H2,1-2H3. The first-order chi connectivity index (χ1) is 12.6. The average molecular weight is 351 g/mol. The Hall–Kier alpha value is -1.91. The number of aromatic nitrogens is 1. The number of ether oxygens (including phenoxy) is 1. The Kier molecular flexibility index (Phi) is 4.96. The number of hydrogen-bond acceptors (Lipinski definition) is 4. The fourth-order valence-electron chi connectivity index (χ4n) is 4.47. The van der Waals surface area contributed by atoms with E-state index in [0.29, 0.717) is 6.04 Å². The van der Waals surface area contributed by atoms with Crippen LogP contribution >= 0.6 is 0 Å². The van der Waals surface area contributed by atoms with Crippen molar-refractivity contribution in [3.63, 3.8) is 0 Å². The van der Waals surface area contributed by atoms with Crippen LogP contribution in [0.3, 0.4) is 0 Å². The van der Waals surface area contributed by atoms with Gasteiger partial charge in [-0.3, -0.25) is 9.88 Å². The van der Waals surface area contributed by atoms with E-state index in [9.17, 15) is 0 Å². The second-order valence-corrected chi connectivity index (χ2v) is 8.09. The summed E-state index contributed by atoms with van der Waals surface area (Å²) in [5.74, 6) is 1.07. The molecule has 1 aliphatic carbocycles. The van der Waals surface area contributed by atoms with Crippen LogP contribution in [0, 0.1) is 0 Å². The number of fused-ring (bicyclic) bond motifs is 1. The van der Waals surface area contributed by atoms with Gasteiger partial charge in [0.15, 0.2) is 0 Å². The molecule has 0 saturated heterocycles. The van der Waals surface area contributed by atoms with Crippen LogP contribution in [0.4, 0.5) is 0 Å². The molecule has 1 aliphatic heterocycles. The van der Waals surface area contributed by atoms with Gasteiger partial charge in [0.25, 0.3) is 0 Å². The van der Waals surface area contributed by atoms with Crippen molar-refractivity contribution in [1.82, 2.24) is 14.8 Å². The van der Waals surface area contributed by atoms with Gasteiger partial charge in [-0.25, -0.2) is 0 Å². The molecule has 0 atom stereocenters. The minimum atomic E-state index is -0.0681. The van der Waals surface area contributed by atoms with Crippen molar-refractivity contribution in [2.45, 2.75) is 50.4 Å². The van der Waals surface area contributed by atoms with Crippen molar-refractivity contribution in [1.29, 1.82) is 0 Å². The van der Waals surface area contributed by atoms with Crippen LogP contribution in [-0.4, -0.2) is 47.1 Å². The highest BCUT2D eigenvalue weighted by Crippen LogP contribution is 2.39. The second kappa shape index (κ2) is 7.37. The number of pyridine rings is 1. The summed E-state index contributed by atoms with van der Waals surface area (Å²) in [6, 6.07) is 13.4. The number of rotatable bonds is 3. The van der Waals surface area contributed by atoms with Crippen molar-refractivity contribution in [3.05, 3.63) is 59.9 Å². The summed E-state index contributed by atoms with van der Waals surface area (Å²) in [6.45, 7) is 2.84. The summed E-state index contributed by atoms with van der Waals surface area (Å²) < 4.78 is 6.71. The molecular weight excluding hydrogens is 322 g/mol. The van der Waals surface area contributed by atoms with Crippen LogP contribution in [0.15, 0.2) is 48.8 Å². The molecule has 4 rings (SSSR count). The van der Waals surface area contributed by atoms with Crippen molar-refractivity contribution in [2.75, 3.05) is 20.6 Å². The van der Waals surface area contributed by atoms with E-state index in [2.05, 4.69) is 59.2 Å². The maximum absolute atomic E-state index is 6.71. The molecule has 2 aliphatic rings. The fraction of sp³-hybridized carbons (Fsp3) is 0.500. The molecule has 2 heterocycles. The Morgan fingerprint density at radius 2 is 1.96 bits per heavy atom. The lowest BCUT2D eigenvalue weighted by Crippen LogP contribution is -2.50. The van der Waals surface area contributed by atoms with Crippen molar-refractivity contribution in [3.8, 4) is 5.75 Å². The third-order valence-electron chi connectivity index (χ3n) is 5.93. The lowest BCUT2D eigenvalue weighted by Gasteiger charge is -2.43. The van der Waals surface area contributed by atoms with Gasteiger partial charge in [0, 0.05) is 43.6 Å². The molecule has 1 spiro atoms. The van der Waals surface area contributed by atoms with E-state index in [0.717, 1.165) is 38.2 Å². The number of nitrogens with zero attached hydrogens (tertiary/aromatic N) is 3.